The Kier molecular flexibility index (Phi) is 3.38. The number of aliphatic hydroxyl groups is 2. The molecule has 0 spiro atoms. The second-order valence-corrected chi connectivity index (χ2v) is 5.29. The van der Waals surface area contributed by atoms with Gasteiger partial charge in [0.25, 0.3) is 0 Å². The zero-order valence-electron chi connectivity index (χ0n) is 11.7. The van der Waals surface area contributed by atoms with Gasteiger partial charge in [-0.25, -0.2) is 9.97 Å². The summed E-state index contributed by atoms with van der Waals surface area (Å²) in [6.07, 6.45) is 0.126. The van der Waals surface area contributed by atoms with E-state index in [9.17, 15) is 10.2 Å². The van der Waals surface area contributed by atoms with Crippen LogP contribution >= 0.6 is 0 Å². The Bertz CT molecular complexity index is 756. The maximum absolute atomic E-state index is 10.3. The molecule has 1 fully saturated rings. The van der Waals surface area contributed by atoms with Crippen LogP contribution in [-0.2, 0) is 4.74 Å². The monoisotopic (exact) mass is 305 g/mol. The number of aliphatic hydroxyl groups excluding tert-OH is 2. The van der Waals surface area contributed by atoms with Crippen molar-refractivity contribution in [3.63, 3.8) is 0 Å². The van der Waals surface area contributed by atoms with Gasteiger partial charge in [-0.3, -0.25) is 0 Å². The molecule has 1 saturated heterocycles. The highest BCUT2D eigenvalue weighted by atomic mass is 16.5. The molecule has 1 aliphatic rings. The molecule has 0 aromatic carbocycles. The van der Waals surface area contributed by atoms with Crippen molar-refractivity contribution >= 4 is 16.9 Å². The Hall–Kier alpha value is -2.39. The van der Waals surface area contributed by atoms with Gasteiger partial charge in [-0.2, -0.15) is 0 Å². The number of nitrogens with two attached hydrogens (primary N) is 1. The lowest BCUT2D eigenvalue weighted by Gasteiger charge is -2.28. The van der Waals surface area contributed by atoms with Gasteiger partial charge in [0.05, 0.1) is 18.1 Å². The van der Waals surface area contributed by atoms with Crippen LogP contribution in [-0.4, -0.2) is 49.1 Å². The average molecular weight is 305 g/mol. The van der Waals surface area contributed by atoms with Crippen LogP contribution in [0.2, 0.25) is 0 Å². The molecule has 2 aromatic rings. The van der Waals surface area contributed by atoms with Crippen LogP contribution in [0.4, 0.5) is 5.82 Å². The molecule has 0 unspecified atom stereocenters. The van der Waals surface area contributed by atoms with Gasteiger partial charge in [0.15, 0.2) is 0 Å². The van der Waals surface area contributed by atoms with E-state index < -0.39 is 30.6 Å². The van der Waals surface area contributed by atoms with E-state index in [1.54, 1.807) is 23.8 Å². The van der Waals surface area contributed by atoms with Gasteiger partial charge < -0.3 is 25.3 Å². The second-order valence-electron chi connectivity index (χ2n) is 5.29. The molecule has 4 N–H and O–H groups in total. The number of aromatic nitrogens is 3. The molecule has 0 bridgehead atoms. The zero-order chi connectivity index (χ0) is 15.9. The Morgan fingerprint density at radius 1 is 1.59 bits per heavy atom. The summed E-state index contributed by atoms with van der Waals surface area (Å²) in [5, 5.41) is 24.0. The number of nitrogens with zero attached hydrogens (tertiary/aromatic N) is 6. The molecule has 10 nitrogen and oxygen atoms in total. The highest BCUT2D eigenvalue weighted by molar-refractivity contribution is 5.86. The summed E-state index contributed by atoms with van der Waals surface area (Å²) in [6.45, 7) is 1.17. The van der Waals surface area contributed by atoms with Gasteiger partial charge in [0.2, 0.25) is 0 Å². The molecule has 0 saturated carbocycles. The predicted molar refractivity (Wildman–Crippen MR) is 76.5 cm³/mol. The third-order valence-electron chi connectivity index (χ3n) is 3.99. The predicted octanol–water partition coefficient (Wildman–Crippen LogP) is 0.333. The van der Waals surface area contributed by atoms with E-state index in [1.807, 2.05) is 0 Å². The van der Waals surface area contributed by atoms with Crippen molar-refractivity contribution in [3.8, 4) is 0 Å². The minimum absolute atomic E-state index is 0.312. The second kappa shape index (κ2) is 5.11. The topological polar surface area (TPSA) is 155 Å². The lowest BCUT2D eigenvalue weighted by Crippen LogP contribution is -2.42. The summed E-state index contributed by atoms with van der Waals surface area (Å²) >= 11 is 0. The number of ether oxygens (including phenoxy) is 1. The van der Waals surface area contributed by atoms with Crippen LogP contribution in [0.5, 0.6) is 0 Å². The van der Waals surface area contributed by atoms with Crippen LogP contribution in [0.1, 0.15) is 13.2 Å². The number of rotatable bonds is 3. The standard InChI is InChI=1S/C12H15N7O3/c1-12(17-18-14)8(21)7(4-20)22-11(12)19-3-2-6-9(13)15-5-16-10(6)19/h2-3,5,7-8,11,20-21H,4H2,1H3,(H2,13,15,16)/t7-,8-,11-,12-/m1/s1. The van der Waals surface area contributed by atoms with Crippen LogP contribution in [0.15, 0.2) is 23.7 Å². The van der Waals surface area contributed by atoms with Crippen molar-refractivity contribution in [2.75, 3.05) is 12.3 Å². The molecule has 0 radical (unpaired) electrons. The Morgan fingerprint density at radius 2 is 2.36 bits per heavy atom. The fourth-order valence-corrected chi connectivity index (χ4v) is 2.77. The minimum atomic E-state index is -1.30. The van der Waals surface area contributed by atoms with E-state index in [1.165, 1.54) is 6.33 Å². The molecule has 10 heteroatoms. The van der Waals surface area contributed by atoms with Gasteiger partial charge >= 0.3 is 0 Å². The fourth-order valence-electron chi connectivity index (χ4n) is 2.77. The van der Waals surface area contributed by atoms with Crippen molar-refractivity contribution in [1.82, 2.24) is 14.5 Å². The van der Waals surface area contributed by atoms with Crippen molar-refractivity contribution < 1.29 is 14.9 Å². The largest absolute Gasteiger partial charge is 0.394 e. The molecule has 4 atom stereocenters. The van der Waals surface area contributed by atoms with Crippen LogP contribution in [0, 0.1) is 0 Å². The third-order valence-corrected chi connectivity index (χ3v) is 3.99. The first-order valence-electron chi connectivity index (χ1n) is 6.60. The van der Waals surface area contributed by atoms with E-state index in [0.717, 1.165) is 0 Å². The molecular formula is C12H15N7O3. The smallest absolute Gasteiger partial charge is 0.149 e. The SMILES string of the molecule is C[C@@]1(N=[N+]=[N-])[C@H](O)[C@@H](CO)O[C@H]1n1ccc2c(N)ncnc21. The lowest BCUT2D eigenvalue weighted by atomic mass is 9.93. The van der Waals surface area contributed by atoms with E-state index in [2.05, 4.69) is 20.0 Å². The lowest BCUT2D eigenvalue weighted by molar-refractivity contribution is -0.0453. The van der Waals surface area contributed by atoms with Gasteiger partial charge in [0.1, 0.15) is 35.7 Å². The molecule has 2 aromatic heterocycles. The van der Waals surface area contributed by atoms with Gasteiger partial charge in [0, 0.05) is 11.1 Å². The van der Waals surface area contributed by atoms with Crippen molar-refractivity contribution in [3.05, 3.63) is 29.0 Å². The van der Waals surface area contributed by atoms with Crippen molar-refractivity contribution in [1.29, 1.82) is 0 Å². The minimum Gasteiger partial charge on any atom is -0.394 e. The van der Waals surface area contributed by atoms with Gasteiger partial charge in [-0.15, -0.1) is 0 Å². The maximum Gasteiger partial charge on any atom is 0.149 e. The summed E-state index contributed by atoms with van der Waals surface area (Å²) in [5.74, 6) is 0.312. The number of azide groups is 1. The van der Waals surface area contributed by atoms with Crippen molar-refractivity contribution in [2.24, 2.45) is 5.11 Å². The quantitative estimate of drug-likeness (QED) is 0.421. The first kappa shape index (κ1) is 14.5. The molecule has 116 valence electrons. The number of hydrogen-bond donors (Lipinski definition) is 3. The van der Waals surface area contributed by atoms with E-state index in [0.29, 0.717) is 16.9 Å². The molecular weight excluding hydrogens is 290 g/mol. The molecule has 0 amide bonds. The van der Waals surface area contributed by atoms with E-state index >= 15 is 0 Å². The third kappa shape index (κ3) is 1.90. The fraction of sp³-hybridized carbons (Fsp3) is 0.500. The van der Waals surface area contributed by atoms with Gasteiger partial charge in [-0.05, 0) is 18.5 Å². The van der Waals surface area contributed by atoms with Gasteiger partial charge in [-0.1, -0.05) is 5.11 Å². The first-order valence-corrected chi connectivity index (χ1v) is 6.60. The molecule has 3 rings (SSSR count). The Balaban J connectivity index is 2.16. The molecule has 0 aliphatic carbocycles. The van der Waals surface area contributed by atoms with E-state index in [4.69, 9.17) is 16.0 Å². The molecule has 22 heavy (non-hydrogen) atoms. The van der Waals surface area contributed by atoms with E-state index in [-0.39, 0.29) is 0 Å². The Labute approximate surface area is 124 Å². The average Bonchev–Trinajstić information content (AvgIpc) is 3.02. The van der Waals surface area contributed by atoms with Crippen LogP contribution in [0.25, 0.3) is 21.5 Å². The maximum atomic E-state index is 10.3. The summed E-state index contributed by atoms with van der Waals surface area (Å²) in [4.78, 5) is 10.9. The zero-order valence-corrected chi connectivity index (χ0v) is 11.7. The van der Waals surface area contributed by atoms with Crippen molar-refractivity contribution in [2.45, 2.75) is 30.9 Å². The number of nitrogen functional groups attached to an aromatic ring is 1. The summed E-state index contributed by atoms with van der Waals surface area (Å²) < 4.78 is 7.29. The number of fused-ring (bicyclic) bond motifs is 1. The summed E-state index contributed by atoms with van der Waals surface area (Å²) in [7, 11) is 0. The highest BCUT2D eigenvalue weighted by Crippen LogP contribution is 2.42. The Morgan fingerprint density at radius 3 is 3.05 bits per heavy atom. The van der Waals surface area contributed by atoms with Crippen LogP contribution < -0.4 is 5.73 Å². The number of anilines is 1. The molecule has 1 aliphatic heterocycles. The summed E-state index contributed by atoms with van der Waals surface area (Å²) in [6, 6.07) is 1.71. The van der Waals surface area contributed by atoms with Crippen LogP contribution in [0.3, 0.4) is 0 Å². The normalized spacial score (nSPS) is 31.3. The number of hydrogen-bond acceptors (Lipinski definition) is 7. The molecule has 3 heterocycles. The summed E-state index contributed by atoms with van der Waals surface area (Å²) in [5.41, 5.74) is 13.8. The first-order chi connectivity index (χ1) is 10.5. The highest BCUT2D eigenvalue weighted by Gasteiger charge is 2.53.